The van der Waals surface area contributed by atoms with Gasteiger partial charge in [-0.15, -0.1) is 0 Å². The van der Waals surface area contributed by atoms with Crippen LogP contribution in [-0.2, 0) is 16.6 Å². The van der Waals surface area contributed by atoms with E-state index in [-0.39, 0.29) is 18.5 Å². The number of hydrogen-bond donors (Lipinski definition) is 0. The van der Waals surface area contributed by atoms with Crippen LogP contribution in [0, 0.1) is 6.92 Å². The Morgan fingerprint density at radius 1 is 0.969 bits per heavy atom. The van der Waals surface area contributed by atoms with E-state index >= 15 is 0 Å². The molecule has 0 saturated carbocycles. The summed E-state index contributed by atoms with van der Waals surface area (Å²) in [6.45, 7) is 1.96. The molecule has 1 atom stereocenters. The van der Waals surface area contributed by atoms with Gasteiger partial charge in [-0.05, 0) is 30.2 Å². The molecule has 0 spiro atoms. The molecule has 5 rings (SSSR count). The van der Waals surface area contributed by atoms with Crippen LogP contribution in [0.4, 0.5) is 0 Å². The molecule has 1 amide bonds. The second kappa shape index (κ2) is 7.68. The van der Waals surface area contributed by atoms with Crippen LogP contribution in [0.15, 0.2) is 72.8 Å². The van der Waals surface area contributed by atoms with Crippen molar-refractivity contribution in [3.05, 3.63) is 95.1 Å². The number of ether oxygens (including phenoxy) is 1. The van der Waals surface area contributed by atoms with Crippen molar-refractivity contribution in [3.63, 3.8) is 0 Å². The lowest BCUT2D eigenvalue weighted by molar-refractivity contribution is -0.141. The molecule has 5 nitrogen and oxygen atoms in total. The zero-order valence-corrected chi connectivity index (χ0v) is 18.3. The summed E-state index contributed by atoms with van der Waals surface area (Å²) in [5.74, 6) is -0.591. The average Bonchev–Trinajstić information content (AvgIpc) is 3.26. The summed E-state index contributed by atoms with van der Waals surface area (Å²) in [6, 6.07) is 23.8. The molecule has 2 heterocycles. The normalized spacial score (nSPS) is 15.3. The number of carbonyl (C=O) groups is 2. The predicted molar refractivity (Wildman–Crippen MR) is 124 cm³/mol. The first-order valence-corrected chi connectivity index (χ1v) is 10.6. The van der Waals surface area contributed by atoms with Gasteiger partial charge in [0.1, 0.15) is 6.54 Å². The van der Waals surface area contributed by atoms with Crippen molar-refractivity contribution in [1.29, 1.82) is 0 Å². The van der Waals surface area contributed by atoms with Gasteiger partial charge in [0.25, 0.3) is 5.91 Å². The molecule has 1 aliphatic heterocycles. The molecule has 0 unspecified atom stereocenters. The molecule has 160 valence electrons. The van der Waals surface area contributed by atoms with Gasteiger partial charge in [0.2, 0.25) is 0 Å². The van der Waals surface area contributed by atoms with Crippen molar-refractivity contribution < 1.29 is 14.3 Å². The SMILES string of the molecule is COC(=O)CN1C(=O)c2ccccc2[C@@H]1c1c(-c2ccc(C)cc2)n(C)c2ccccc12. The van der Waals surface area contributed by atoms with Crippen molar-refractivity contribution in [2.24, 2.45) is 7.05 Å². The molecule has 1 aromatic heterocycles. The minimum Gasteiger partial charge on any atom is -0.468 e. The first-order valence-electron chi connectivity index (χ1n) is 10.6. The molecule has 1 aliphatic rings. The molecule has 0 radical (unpaired) electrons. The van der Waals surface area contributed by atoms with Gasteiger partial charge in [-0.25, -0.2) is 0 Å². The van der Waals surface area contributed by atoms with Crippen LogP contribution < -0.4 is 0 Å². The highest BCUT2D eigenvalue weighted by atomic mass is 16.5. The van der Waals surface area contributed by atoms with E-state index in [2.05, 4.69) is 47.9 Å². The van der Waals surface area contributed by atoms with E-state index in [0.717, 1.165) is 33.3 Å². The topological polar surface area (TPSA) is 51.5 Å². The molecule has 32 heavy (non-hydrogen) atoms. The Hall–Kier alpha value is -3.86. The number of benzene rings is 3. The van der Waals surface area contributed by atoms with Gasteiger partial charge in [0.15, 0.2) is 0 Å². The van der Waals surface area contributed by atoms with E-state index in [1.807, 2.05) is 43.4 Å². The number of hydrogen-bond acceptors (Lipinski definition) is 3. The second-order valence-corrected chi connectivity index (χ2v) is 8.20. The molecule has 5 heteroatoms. The molecular weight excluding hydrogens is 400 g/mol. The number of nitrogens with zero attached hydrogens (tertiary/aromatic N) is 2. The lowest BCUT2D eigenvalue weighted by Gasteiger charge is -2.26. The third kappa shape index (κ3) is 3.01. The monoisotopic (exact) mass is 424 g/mol. The van der Waals surface area contributed by atoms with Crippen LogP contribution in [0.3, 0.4) is 0 Å². The number of carbonyl (C=O) groups excluding carboxylic acids is 2. The van der Waals surface area contributed by atoms with Gasteiger partial charge in [-0.2, -0.15) is 0 Å². The molecule has 0 bridgehead atoms. The third-order valence-electron chi connectivity index (χ3n) is 6.33. The van der Waals surface area contributed by atoms with Gasteiger partial charge < -0.3 is 14.2 Å². The van der Waals surface area contributed by atoms with Crippen LogP contribution in [0.1, 0.15) is 33.1 Å². The Labute approximate surface area is 186 Å². The quantitative estimate of drug-likeness (QED) is 0.439. The molecule has 0 fully saturated rings. The minimum absolute atomic E-state index is 0.106. The van der Waals surface area contributed by atoms with E-state index in [9.17, 15) is 9.59 Å². The predicted octanol–water partition coefficient (Wildman–Crippen LogP) is 4.87. The first-order chi connectivity index (χ1) is 15.5. The fourth-order valence-electron chi connectivity index (χ4n) is 4.81. The average molecular weight is 425 g/mol. The summed E-state index contributed by atoms with van der Waals surface area (Å²) in [5.41, 5.74) is 6.93. The maximum atomic E-state index is 13.4. The smallest absolute Gasteiger partial charge is 0.325 e. The summed E-state index contributed by atoms with van der Waals surface area (Å²) >= 11 is 0. The second-order valence-electron chi connectivity index (χ2n) is 8.20. The van der Waals surface area contributed by atoms with Gasteiger partial charge in [-0.1, -0.05) is 66.2 Å². The molecule has 0 N–H and O–H groups in total. The van der Waals surface area contributed by atoms with E-state index in [1.165, 1.54) is 12.7 Å². The highest BCUT2D eigenvalue weighted by molar-refractivity contribution is 6.03. The van der Waals surface area contributed by atoms with Crippen LogP contribution in [0.25, 0.3) is 22.2 Å². The fourth-order valence-corrected chi connectivity index (χ4v) is 4.81. The number of fused-ring (bicyclic) bond motifs is 2. The Balaban J connectivity index is 1.82. The molecule has 0 saturated heterocycles. The van der Waals surface area contributed by atoms with Crippen molar-refractivity contribution in [1.82, 2.24) is 9.47 Å². The van der Waals surface area contributed by atoms with Crippen LogP contribution >= 0.6 is 0 Å². The van der Waals surface area contributed by atoms with Gasteiger partial charge in [0, 0.05) is 29.1 Å². The van der Waals surface area contributed by atoms with E-state index in [0.29, 0.717) is 5.56 Å². The zero-order valence-electron chi connectivity index (χ0n) is 18.3. The Bertz CT molecular complexity index is 1350. The maximum absolute atomic E-state index is 13.4. The number of aryl methyl sites for hydroxylation is 2. The summed E-state index contributed by atoms with van der Waals surface area (Å²) in [7, 11) is 3.40. The lowest BCUT2D eigenvalue weighted by Crippen LogP contribution is -2.34. The lowest BCUT2D eigenvalue weighted by atomic mass is 9.93. The summed E-state index contributed by atoms with van der Waals surface area (Å²) in [4.78, 5) is 27.3. The number of para-hydroxylation sites is 1. The summed E-state index contributed by atoms with van der Waals surface area (Å²) in [5, 5.41) is 1.06. The fraction of sp³-hybridized carbons (Fsp3) is 0.185. The highest BCUT2D eigenvalue weighted by Crippen LogP contribution is 2.46. The van der Waals surface area contributed by atoms with E-state index in [4.69, 9.17) is 4.74 Å². The van der Waals surface area contributed by atoms with Crippen molar-refractivity contribution in [2.45, 2.75) is 13.0 Å². The molecule has 3 aromatic carbocycles. The summed E-state index contributed by atoms with van der Waals surface area (Å²) in [6.07, 6.45) is 0. The number of methoxy groups -OCH3 is 1. The number of aromatic nitrogens is 1. The van der Waals surface area contributed by atoms with Crippen LogP contribution in [0.2, 0.25) is 0 Å². The highest BCUT2D eigenvalue weighted by Gasteiger charge is 2.41. The van der Waals surface area contributed by atoms with Crippen LogP contribution in [-0.4, -0.2) is 35.0 Å². The van der Waals surface area contributed by atoms with Gasteiger partial charge in [0.05, 0.1) is 18.8 Å². The number of amides is 1. The minimum atomic E-state index is -0.437. The third-order valence-corrected chi connectivity index (χ3v) is 6.33. The van der Waals surface area contributed by atoms with Crippen molar-refractivity contribution in [2.75, 3.05) is 13.7 Å². The standard InChI is InChI=1S/C27H24N2O3/c1-17-12-14-18(15-13-17)25-24(21-10-6-7-11-22(21)28(25)2)26-19-8-4-5-9-20(19)27(31)29(26)16-23(30)32-3/h4-15,26H,16H2,1-3H3/t26-/m1/s1. The zero-order chi connectivity index (χ0) is 22.4. The number of esters is 1. The van der Waals surface area contributed by atoms with E-state index in [1.54, 1.807) is 4.90 Å². The Morgan fingerprint density at radius 2 is 1.66 bits per heavy atom. The molecular formula is C27H24N2O3. The van der Waals surface area contributed by atoms with Crippen LogP contribution in [0.5, 0.6) is 0 Å². The molecule has 0 aliphatic carbocycles. The van der Waals surface area contributed by atoms with E-state index < -0.39 is 5.97 Å². The maximum Gasteiger partial charge on any atom is 0.325 e. The van der Waals surface area contributed by atoms with Crippen molar-refractivity contribution >= 4 is 22.8 Å². The largest absolute Gasteiger partial charge is 0.468 e. The van der Waals surface area contributed by atoms with Crippen molar-refractivity contribution in [3.8, 4) is 11.3 Å². The Kier molecular flexibility index (Phi) is 4.82. The van der Waals surface area contributed by atoms with Gasteiger partial charge >= 0.3 is 5.97 Å². The molecule has 4 aromatic rings. The Morgan fingerprint density at radius 3 is 2.41 bits per heavy atom. The summed E-state index contributed by atoms with van der Waals surface area (Å²) < 4.78 is 7.10. The first kappa shape index (κ1) is 20.1. The van der Waals surface area contributed by atoms with Gasteiger partial charge in [-0.3, -0.25) is 9.59 Å². The number of rotatable bonds is 4.